The van der Waals surface area contributed by atoms with Crippen LogP contribution in [0.4, 0.5) is 0 Å². The van der Waals surface area contributed by atoms with E-state index < -0.39 is 12.0 Å². The second-order valence-electron chi connectivity index (χ2n) is 7.50. The summed E-state index contributed by atoms with van der Waals surface area (Å²) in [6, 6.07) is 10.3. The maximum atomic E-state index is 12.5. The number of fused-ring (bicyclic) bond motifs is 1. The van der Waals surface area contributed by atoms with Gasteiger partial charge in [-0.15, -0.1) is 11.3 Å². The number of unbranched alkanes of at least 4 members (excludes halogenated alkanes) is 1. The first-order valence-electron chi connectivity index (χ1n) is 10.5. The zero-order chi connectivity index (χ0) is 21.8. The Hall–Kier alpha value is -2.97. The summed E-state index contributed by atoms with van der Waals surface area (Å²) in [5.74, 6) is 0.814. The summed E-state index contributed by atoms with van der Waals surface area (Å²) in [5, 5.41) is 13.0. The van der Waals surface area contributed by atoms with E-state index in [1.54, 1.807) is 36.5 Å². The Morgan fingerprint density at radius 3 is 2.71 bits per heavy atom. The van der Waals surface area contributed by atoms with Crippen LogP contribution in [0.2, 0.25) is 0 Å². The number of thiophene rings is 1. The Labute approximate surface area is 184 Å². The highest BCUT2D eigenvalue weighted by molar-refractivity contribution is 7.21. The predicted molar refractivity (Wildman–Crippen MR) is 120 cm³/mol. The van der Waals surface area contributed by atoms with Gasteiger partial charge < -0.3 is 20.1 Å². The van der Waals surface area contributed by atoms with Crippen LogP contribution in [-0.2, 0) is 4.79 Å². The Morgan fingerprint density at radius 2 is 2.03 bits per heavy atom. The maximum Gasteiger partial charge on any atom is 0.264 e. The molecule has 1 aliphatic heterocycles. The summed E-state index contributed by atoms with van der Waals surface area (Å²) in [6.07, 6.45) is 3.34. The van der Waals surface area contributed by atoms with Crippen molar-refractivity contribution in [2.75, 3.05) is 19.6 Å². The Balaban J connectivity index is 1.47. The third-order valence-corrected chi connectivity index (χ3v) is 6.36. The van der Waals surface area contributed by atoms with Crippen molar-refractivity contribution in [3.63, 3.8) is 0 Å². The quantitative estimate of drug-likeness (QED) is 0.520. The standard InChI is InChI=1S/C23H25N3O4S/c1-2-3-10-25-22(28)20(27)15-5-7-16(8-6-15)30-18-9-11-24-17-14-19(31-21(17)18)23(29)26-12-4-13-26/h5-9,11,14,20,27H,2-4,10,12-13H2,1H3,(H,25,28). The lowest BCUT2D eigenvalue weighted by Gasteiger charge is -2.30. The van der Waals surface area contributed by atoms with Crippen molar-refractivity contribution >= 4 is 33.4 Å². The summed E-state index contributed by atoms with van der Waals surface area (Å²) in [5.41, 5.74) is 1.22. The van der Waals surface area contributed by atoms with Crippen LogP contribution in [0, 0.1) is 0 Å². The van der Waals surface area contributed by atoms with Gasteiger partial charge >= 0.3 is 0 Å². The van der Waals surface area contributed by atoms with Crippen molar-refractivity contribution < 1.29 is 19.4 Å². The lowest BCUT2D eigenvalue weighted by Crippen LogP contribution is -2.41. The van der Waals surface area contributed by atoms with E-state index in [0.29, 0.717) is 28.5 Å². The Morgan fingerprint density at radius 1 is 1.26 bits per heavy atom. The molecule has 0 spiro atoms. The van der Waals surface area contributed by atoms with Crippen LogP contribution in [0.15, 0.2) is 42.6 Å². The molecule has 162 valence electrons. The van der Waals surface area contributed by atoms with E-state index >= 15 is 0 Å². The number of likely N-dealkylation sites (tertiary alicyclic amines) is 1. The van der Waals surface area contributed by atoms with E-state index in [1.807, 2.05) is 17.9 Å². The van der Waals surface area contributed by atoms with Gasteiger partial charge in [0.25, 0.3) is 11.8 Å². The summed E-state index contributed by atoms with van der Waals surface area (Å²) >= 11 is 1.38. The summed E-state index contributed by atoms with van der Waals surface area (Å²) in [6.45, 7) is 4.20. The fourth-order valence-electron chi connectivity index (χ4n) is 3.26. The molecule has 1 aliphatic rings. The minimum absolute atomic E-state index is 0.0377. The molecule has 0 aliphatic carbocycles. The van der Waals surface area contributed by atoms with Crippen molar-refractivity contribution in [2.45, 2.75) is 32.3 Å². The highest BCUT2D eigenvalue weighted by atomic mass is 32.1. The number of aromatic nitrogens is 1. The third kappa shape index (κ3) is 4.70. The van der Waals surface area contributed by atoms with E-state index in [1.165, 1.54) is 11.3 Å². The molecule has 2 N–H and O–H groups in total. The molecular formula is C23H25N3O4S. The molecule has 4 rings (SSSR count). The van der Waals surface area contributed by atoms with Gasteiger partial charge in [-0.3, -0.25) is 14.6 Å². The number of aliphatic hydroxyl groups is 1. The number of amides is 2. The molecule has 8 heteroatoms. The number of hydrogen-bond donors (Lipinski definition) is 2. The monoisotopic (exact) mass is 439 g/mol. The van der Waals surface area contributed by atoms with Crippen LogP contribution in [0.3, 0.4) is 0 Å². The van der Waals surface area contributed by atoms with Gasteiger partial charge in [-0.05, 0) is 36.6 Å². The average Bonchev–Trinajstić information content (AvgIpc) is 3.18. The van der Waals surface area contributed by atoms with Gasteiger partial charge in [0, 0.05) is 31.9 Å². The van der Waals surface area contributed by atoms with Crippen LogP contribution in [0.1, 0.15) is 47.5 Å². The first kappa shape index (κ1) is 21.3. The maximum absolute atomic E-state index is 12.5. The molecule has 1 aromatic carbocycles. The van der Waals surface area contributed by atoms with Crippen molar-refractivity contribution in [3.05, 3.63) is 53.0 Å². The molecule has 31 heavy (non-hydrogen) atoms. The molecule has 0 saturated carbocycles. The smallest absolute Gasteiger partial charge is 0.264 e. The van der Waals surface area contributed by atoms with Crippen molar-refractivity contribution in [3.8, 4) is 11.5 Å². The molecule has 7 nitrogen and oxygen atoms in total. The van der Waals surface area contributed by atoms with Gasteiger partial charge in [-0.2, -0.15) is 0 Å². The SMILES string of the molecule is CCCCNC(=O)C(O)c1ccc(Oc2ccnc3cc(C(=O)N4CCC4)sc23)cc1. The lowest BCUT2D eigenvalue weighted by atomic mass is 10.1. The van der Waals surface area contributed by atoms with E-state index in [-0.39, 0.29) is 5.91 Å². The first-order valence-corrected chi connectivity index (χ1v) is 11.3. The number of carbonyl (C=O) groups is 2. The van der Waals surface area contributed by atoms with Crippen LogP contribution in [0.5, 0.6) is 11.5 Å². The summed E-state index contributed by atoms with van der Waals surface area (Å²) < 4.78 is 6.83. The molecular weight excluding hydrogens is 414 g/mol. The number of benzene rings is 1. The molecule has 1 unspecified atom stereocenters. The number of nitrogens with one attached hydrogen (secondary N) is 1. The van der Waals surface area contributed by atoms with Crippen molar-refractivity contribution in [1.29, 1.82) is 0 Å². The van der Waals surface area contributed by atoms with E-state index in [4.69, 9.17) is 4.74 Å². The molecule has 0 radical (unpaired) electrons. The fraction of sp³-hybridized carbons (Fsp3) is 0.348. The van der Waals surface area contributed by atoms with E-state index in [2.05, 4.69) is 10.3 Å². The van der Waals surface area contributed by atoms with E-state index in [0.717, 1.165) is 42.6 Å². The number of nitrogens with zero attached hydrogens (tertiary/aromatic N) is 2. The van der Waals surface area contributed by atoms with Crippen molar-refractivity contribution in [1.82, 2.24) is 15.2 Å². The van der Waals surface area contributed by atoms with E-state index in [9.17, 15) is 14.7 Å². The molecule has 1 saturated heterocycles. The largest absolute Gasteiger partial charge is 0.456 e. The second kappa shape index (κ2) is 9.45. The molecule has 2 aromatic heterocycles. The van der Waals surface area contributed by atoms with Crippen LogP contribution in [-0.4, -0.2) is 46.4 Å². The number of ether oxygens (including phenoxy) is 1. The normalized spacial score (nSPS) is 14.2. The molecule has 3 aromatic rings. The van der Waals surface area contributed by atoms with Gasteiger partial charge in [0.2, 0.25) is 0 Å². The summed E-state index contributed by atoms with van der Waals surface area (Å²) in [7, 11) is 0. The van der Waals surface area contributed by atoms with Crippen LogP contribution in [0.25, 0.3) is 10.2 Å². The zero-order valence-corrected chi connectivity index (χ0v) is 18.2. The number of aliphatic hydroxyl groups excluding tert-OH is 1. The number of pyridine rings is 1. The molecule has 1 fully saturated rings. The Kier molecular flexibility index (Phi) is 6.48. The Bertz CT molecular complexity index is 1080. The van der Waals surface area contributed by atoms with Crippen molar-refractivity contribution in [2.24, 2.45) is 0 Å². The second-order valence-corrected chi connectivity index (χ2v) is 8.55. The van der Waals surface area contributed by atoms with Gasteiger partial charge in [-0.25, -0.2) is 0 Å². The van der Waals surface area contributed by atoms with Crippen LogP contribution < -0.4 is 10.1 Å². The number of carbonyl (C=O) groups excluding carboxylic acids is 2. The van der Waals surface area contributed by atoms with Gasteiger partial charge in [0.15, 0.2) is 6.10 Å². The molecule has 2 amide bonds. The highest BCUT2D eigenvalue weighted by Gasteiger charge is 2.24. The predicted octanol–water partition coefficient (Wildman–Crippen LogP) is 3.88. The summed E-state index contributed by atoms with van der Waals surface area (Å²) in [4.78, 5) is 31.4. The molecule has 1 atom stereocenters. The molecule has 3 heterocycles. The average molecular weight is 440 g/mol. The number of rotatable bonds is 8. The van der Waals surface area contributed by atoms with Gasteiger partial charge in [-0.1, -0.05) is 25.5 Å². The topological polar surface area (TPSA) is 91.8 Å². The minimum Gasteiger partial charge on any atom is -0.456 e. The first-order chi connectivity index (χ1) is 15.1. The van der Waals surface area contributed by atoms with Gasteiger partial charge in [0.1, 0.15) is 11.5 Å². The van der Waals surface area contributed by atoms with Crippen LogP contribution >= 0.6 is 11.3 Å². The van der Waals surface area contributed by atoms with Gasteiger partial charge in [0.05, 0.1) is 15.1 Å². The number of hydrogen-bond acceptors (Lipinski definition) is 6. The molecule has 0 bridgehead atoms. The zero-order valence-electron chi connectivity index (χ0n) is 17.3. The third-order valence-electron chi connectivity index (χ3n) is 5.23. The highest BCUT2D eigenvalue weighted by Crippen LogP contribution is 2.36. The minimum atomic E-state index is -1.22. The lowest BCUT2D eigenvalue weighted by molar-refractivity contribution is -0.129. The fourth-order valence-corrected chi connectivity index (χ4v) is 4.29.